The maximum Gasteiger partial charge on any atom is 0.338 e. The van der Waals surface area contributed by atoms with E-state index in [0.29, 0.717) is 49.5 Å². The molecule has 1 aliphatic heterocycles. The highest BCUT2D eigenvalue weighted by Gasteiger charge is 2.35. The molecule has 0 unspecified atom stereocenters. The molecule has 0 fully saturated rings. The summed E-state index contributed by atoms with van der Waals surface area (Å²) in [6.45, 7) is 2.08. The van der Waals surface area contributed by atoms with E-state index in [1.807, 2.05) is 42.5 Å². The first-order valence-electron chi connectivity index (χ1n) is 14.0. The summed E-state index contributed by atoms with van der Waals surface area (Å²) in [6.07, 6.45) is 1.77. The molecule has 0 bridgehead atoms. The van der Waals surface area contributed by atoms with Gasteiger partial charge in [-0.1, -0.05) is 71.5 Å². The van der Waals surface area contributed by atoms with E-state index < -0.39 is 12.0 Å². The predicted molar refractivity (Wildman–Crippen MR) is 175 cm³/mol. The minimum Gasteiger partial charge on any atom is -0.496 e. The number of hydrogen-bond acceptors (Lipinski definition) is 8. The molecule has 5 aromatic rings. The van der Waals surface area contributed by atoms with Crippen LogP contribution in [-0.4, -0.2) is 31.9 Å². The number of methoxy groups -OCH3 is 3. The molecule has 0 N–H and O–H groups in total. The maximum absolute atomic E-state index is 14.0. The third kappa shape index (κ3) is 5.72. The van der Waals surface area contributed by atoms with Crippen LogP contribution in [0, 0.1) is 0 Å². The molecule has 0 amide bonds. The average Bonchev–Trinajstić information content (AvgIpc) is 3.36. The average molecular weight is 641 g/mol. The van der Waals surface area contributed by atoms with Gasteiger partial charge in [0, 0.05) is 10.6 Å². The summed E-state index contributed by atoms with van der Waals surface area (Å²) < 4.78 is 24.5. The molecular weight excluding hydrogens is 612 g/mol. The Labute approximate surface area is 268 Å². The minimum atomic E-state index is -0.858. The van der Waals surface area contributed by atoms with Crippen LogP contribution in [0.1, 0.15) is 29.7 Å². The molecule has 8 nitrogen and oxygen atoms in total. The lowest BCUT2D eigenvalue weighted by atomic mass is 9.95. The van der Waals surface area contributed by atoms with Crippen molar-refractivity contribution in [2.75, 3.05) is 21.3 Å². The first-order chi connectivity index (χ1) is 21.8. The van der Waals surface area contributed by atoms with E-state index in [1.165, 1.54) is 30.1 Å². The molecule has 0 spiro atoms. The maximum atomic E-state index is 14.0. The topological polar surface area (TPSA) is 88.4 Å². The van der Waals surface area contributed by atoms with Crippen molar-refractivity contribution in [1.82, 2.24) is 4.57 Å². The lowest BCUT2D eigenvalue weighted by Gasteiger charge is -2.25. The minimum absolute atomic E-state index is 0.228. The lowest BCUT2D eigenvalue weighted by Crippen LogP contribution is -2.40. The van der Waals surface area contributed by atoms with Crippen LogP contribution < -0.4 is 29.1 Å². The van der Waals surface area contributed by atoms with Crippen LogP contribution in [0.2, 0.25) is 5.02 Å². The number of nitrogens with zero attached hydrogens (tertiary/aromatic N) is 2. The van der Waals surface area contributed by atoms with Crippen LogP contribution in [-0.2, 0) is 16.1 Å². The van der Waals surface area contributed by atoms with E-state index in [-0.39, 0.29) is 11.1 Å². The number of aromatic nitrogens is 1. The quantitative estimate of drug-likeness (QED) is 0.199. The van der Waals surface area contributed by atoms with Crippen molar-refractivity contribution >= 4 is 45.8 Å². The molecule has 228 valence electrons. The second-order valence-electron chi connectivity index (χ2n) is 10.3. The van der Waals surface area contributed by atoms with Gasteiger partial charge in [-0.3, -0.25) is 9.36 Å². The number of carbonyl (C=O) groups is 1. The number of benzene rings is 4. The van der Waals surface area contributed by atoms with Gasteiger partial charge in [0.05, 0.1) is 37.1 Å². The van der Waals surface area contributed by atoms with E-state index in [9.17, 15) is 9.59 Å². The van der Waals surface area contributed by atoms with Crippen molar-refractivity contribution in [2.45, 2.75) is 19.6 Å². The largest absolute Gasteiger partial charge is 0.496 e. The highest BCUT2D eigenvalue weighted by molar-refractivity contribution is 7.07. The zero-order chi connectivity index (χ0) is 31.7. The zero-order valence-electron chi connectivity index (χ0n) is 25.0. The molecule has 0 aliphatic carbocycles. The van der Waals surface area contributed by atoms with Gasteiger partial charge >= 0.3 is 5.97 Å². The van der Waals surface area contributed by atoms with Crippen molar-refractivity contribution < 1.29 is 23.7 Å². The SMILES string of the molecule is COC(=O)C1=C(C)N=c2s/c(=C\c3ccc(OCc4cccc5ccccc45)c(OC)c3)c(=O)n2[C@@H]1c1cc(Cl)ccc1OC. The number of rotatable bonds is 8. The van der Waals surface area contributed by atoms with E-state index in [2.05, 4.69) is 23.2 Å². The summed E-state index contributed by atoms with van der Waals surface area (Å²) in [4.78, 5) is 32.1. The number of thiazole rings is 1. The standard InChI is InChI=1S/C35H29ClN2O6S/c1-20-31(34(40)43-4)32(26-18-24(36)13-15-27(26)41-2)38-33(39)30(45-35(38)37-20)17-21-12-14-28(29(16-21)42-3)44-19-23-10-7-9-22-8-5-6-11-25(22)23/h5-18,32H,19H2,1-4H3/b30-17-/t32-/m1/s1. The Balaban J connectivity index is 1.39. The number of carbonyl (C=O) groups excluding carboxylic acids is 1. The fraction of sp³-hybridized carbons (Fsp3) is 0.171. The van der Waals surface area contributed by atoms with Crippen LogP contribution in [0.3, 0.4) is 0 Å². The number of ether oxygens (including phenoxy) is 4. The summed E-state index contributed by atoms with van der Waals surface area (Å²) in [6, 6.07) is 24.0. The van der Waals surface area contributed by atoms with Gasteiger partial charge in [-0.25, -0.2) is 9.79 Å². The molecule has 0 saturated carbocycles. The zero-order valence-corrected chi connectivity index (χ0v) is 26.6. The fourth-order valence-electron chi connectivity index (χ4n) is 5.52. The third-order valence-corrected chi connectivity index (χ3v) is 8.88. The second kappa shape index (κ2) is 12.6. The van der Waals surface area contributed by atoms with Gasteiger partial charge in [-0.05, 0) is 65.2 Å². The second-order valence-corrected chi connectivity index (χ2v) is 11.7. The fourth-order valence-corrected chi connectivity index (χ4v) is 6.75. The van der Waals surface area contributed by atoms with Gasteiger partial charge in [0.25, 0.3) is 5.56 Å². The monoisotopic (exact) mass is 640 g/mol. The highest BCUT2D eigenvalue weighted by atomic mass is 35.5. The summed E-state index contributed by atoms with van der Waals surface area (Å²) in [5, 5.41) is 2.71. The Morgan fingerprint density at radius 3 is 2.49 bits per heavy atom. The van der Waals surface area contributed by atoms with Crippen molar-refractivity contribution in [1.29, 1.82) is 0 Å². The van der Waals surface area contributed by atoms with E-state index in [1.54, 1.807) is 38.3 Å². The number of allylic oxidation sites excluding steroid dienone is 1. The van der Waals surface area contributed by atoms with E-state index >= 15 is 0 Å². The summed E-state index contributed by atoms with van der Waals surface area (Å²) in [5.41, 5.74) is 2.68. The van der Waals surface area contributed by atoms with Crippen LogP contribution in [0.4, 0.5) is 0 Å². The van der Waals surface area contributed by atoms with Gasteiger partial charge in [0.15, 0.2) is 16.3 Å². The highest BCUT2D eigenvalue weighted by Crippen LogP contribution is 2.37. The van der Waals surface area contributed by atoms with Crippen LogP contribution >= 0.6 is 22.9 Å². The Morgan fingerprint density at radius 2 is 1.71 bits per heavy atom. The van der Waals surface area contributed by atoms with Gasteiger partial charge in [-0.2, -0.15) is 0 Å². The molecule has 4 aromatic carbocycles. The molecule has 1 atom stereocenters. The molecule has 1 aromatic heterocycles. The molecule has 6 rings (SSSR count). The summed E-state index contributed by atoms with van der Waals surface area (Å²) in [5.74, 6) is 0.984. The number of esters is 1. The smallest absolute Gasteiger partial charge is 0.338 e. The van der Waals surface area contributed by atoms with Crippen molar-refractivity contribution in [2.24, 2.45) is 4.99 Å². The molecule has 10 heteroatoms. The van der Waals surface area contributed by atoms with Gasteiger partial charge in [0.1, 0.15) is 18.4 Å². The van der Waals surface area contributed by atoms with Gasteiger partial charge in [0.2, 0.25) is 0 Å². The van der Waals surface area contributed by atoms with Crippen LogP contribution in [0.15, 0.2) is 99.9 Å². The predicted octanol–water partition coefficient (Wildman–Crippen LogP) is 5.81. The Hall–Kier alpha value is -4.86. The number of fused-ring (bicyclic) bond motifs is 2. The Bertz CT molecular complexity index is 2160. The molecule has 0 saturated heterocycles. The van der Waals surface area contributed by atoms with Gasteiger partial charge < -0.3 is 18.9 Å². The third-order valence-electron chi connectivity index (χ3n) is 7.66. The molecule has 1 aliphatic rings. The Kier molecular flexibility index (Phi) is 8.47. The van der Waals surface area contributed by atoms with Crippen LogP contribution in [0.25, 0.3) is 16.8 Å². The first-order valence-corrected chi connectivity index (χ1v) is 15.2. The summed E-state index contributed by atoms with van der Waals surface area (Å²) >= 11 is 7.59. The lowest BCUT2D eigenvalue weighted by molar-refractivity contribution is -0.136. The molecular formula is C35H29ClN2O6S. The first kappa shape index (κ1) is 30.2. The Morgan fingerprint density at radius 1 is 0.956 bits per heavy atom. The summed E-state index contributed by atoms with van der Waals surface area (Å²) in [7, 11) is 4.39. The van der Waals surface area contributed by atoms with E-state index in [0.717, 1.165) is 21.9 Å². The molecule has 2 heterocycles. The normalized spacial score (nSPS) is 14.6. The molecule has 0 radical (unpaired) electrons. The number of hydrogen-bond donors (Lipinski definition) is 0. The van der Waals surface area contributed by atoms with Crippen LogP contribution in [0.5, 0.6) is 17.2 Å². The van der Waals surface area contributed by atoms with Crippen molar-refractivity contribution in [3.8, 4) is 17.2 Å². The van der Waals surface area contributed by atoms with Gasteiger partial charge in [-0.15, -0.1) is 0 Å². The van der Waals surface area contributed by atoms with E-state index in [4.69, 9.17) is 30.5 Å². The van der Waals surface area contributed by atoms with Crippen molar-refractivity contribution in [3.05, 3.63) is 132 Å². The molecule has 45 heavy (non-hydrogen) atoms. The van der Waals surface area contributed by atoms with Crippen molar-refractivity contribution in [3.63, 3.8) is 0 Å². The number of halogens is 1.